The zero-order chi connectivity index (χ0) is 14.2. The predicted molar refractivity (Wildman–Crippen MR) is 61.3 cm³/mol. The van der Waals surface area contributed by atoms with E-state index in [2.05, 4.69) is 19.9 Å². The van der Waals surface area contributed by atoms with Crippen LogP contribution in [0.25, 0.3) is 10.8 Å². The molecule has 0 aliphatic rings. The molecule has 0 spiro atoms. The Morgan fingerprint density at radius 2 is 2.16 bits per heavy atom. The number of hydrogen-bond acceptors (Lipinski definition) is 4. The highest BCUT2D eigenvalue weighted by Crippen LogP contribution is 2.28. The molecule has 19 heavy (non-hydrogen) atoms. The maximum absolute atomic E-state index is 12.5. The van der Waals surface area contributed by atoms with Gasteiger partial charge in [0.05, 0.1) is 6.20 Å². The normalized spacial score (nSPS) is 13.5. The molecule has 0 aliphatic heterocycles. The Morgan fingerprint density at radius 1 is 1.47 bits per heavy atom. The molecule has 0 radical (unpaired) electrons. The van der Waals surface area contributed by atoms with E-state index in [9.17, 15) is 18.0 Å². The number of alkyl halides is 3. The van der Waals surface area contributed by atoms with Gasteiger partial charge in [-0.1, -0.05) is 11.6 Å². The molecule has 2 aromatic rings. The number of aromatic amines is 1. The van der Waals surface area contributed by atoms with Crippen LogP contribution in [0.15, 0.2) is 17.1 Å². The van der Waals surface area contributed by atoms with Crippen molar-refractivity contribution in [3.63, 3.8) is 0 Å². The topological polar surface area (TPSA) is 67.9 Å². The smallest absolute Gasteiger partial charge is 0.425 e. The molecule has 1 atom stereocenters. The summed E-state index contributed by atoms with van der Waals surface area (Å²) in [6.07, 6.45) is -5.44. The van der Waals surface area contributed by atoms with Crippen LogP contribution in [-0.2, 0) is 0 Å². The molecule has 0 aromatic carbocycles. The quantitative estimate of drug-likeness (QED) is 0.863. The van der Waals surface area contributed by atoms with E-state index in [4.69, 9.17) is 11.6 Å². The number of fused-ring (bicyclic) bond motifs is 1. The minimum atomic E-state index is -4.57. The Bertz CT molecular complexity index is 671. The molecule has 0 saturated heterocycles. The Labute approximate surface area is 109 Å². The Morgan fingerprint density at radius 3 is 2.79 bits per heavy atom. The van der Waals surface area contributed by atoms with Gasteiger partial charge in [-0.15, -0.1) is 0 Å². The van der Waals surface area contributed by atoms with Gasteiger partial charge in [0, 0.05) is 5.39 Å². The molecular weight excluding hydrogens is 287 g/mol. The summed E-state index contributed by atoms with van der Waals surface area (Å²) in [5.74, 6) is -0.476. The molecule has 9 heteroatoms. The van der Waals surface area contributed by atoms with Crippen LogP contribution in [0.2, 0.25) is 5.15 Å². The highest BCUT2D eigenvalue weighted by atomic mass is 35.5. The molecule has 1 unspecified atom stereocenters. The van der Waals surface area contributed by atoms with Crippen molar-refractivity contribution in [2.24, 2.45) is 0 Å². The third kappa shape index (κ3) is 2.78. The van der Waals surface area contributed by atoms with E-state index in [1.807, 2.05) is 0 Å². The number of hydrogen-bond donors (Lipinski definition) is 1. The molecule has 5 nitrogen and oxygen atoms in total. The predicted octanol–water partition coefficient (Wildman–Crippen LogP) is 2.30. The van der Waals surface area contributed by atoms with Gasteiger partial charge in [0.1, 0.15) is 10.5 Å². The summed E-state index contributed by atoms with van der Waals surface area (Å²) in [5, 5.41) is 5.64. The van der Waals surface area contributed by atoms with Crippen LogP contribution in [0.1, 0.15) is 6.92 Å². The third-order valence-corrected chi connectivity index (χ3v) is 2.53. The first-order valence-corrected chi connectivity index (χ1v) is 5.44. The summed E-state index contributed by atoms with van der Waals surface area (Å²) in [4.78, 5) is 15.2. The van der Waals surface area contributed by atoms with Crippen molar-refractivity contribution in [2.45, 2.75) is 19.2 Å². The van der Waals surface area contributed by atoms with Crippen LogP contribution in [0.5, 0.6) is 5.88 Å². The Balaban J connectivity index is 2.57. The van der Waals surface area contributed by atoms with Gasteiger partial charge >= 0.3 is 6.18 Å². The van der Waals surface area contributed by atoms with Crippen molar-refractivity contribution in [3.8, 4) is 5.88 Å². The molecule has 2 heterocycles. The number of pyridine rings is 1. The van der Waals surface area contributed by atoms with Crippen LogP contribution < -0.4 is 10.3 Å². The van der Waals surface area contributed by atoms with Crippen molar-refractivity contribution in [2.75, 3.05) is 0 Å². The average molecular weight is 294 g/mol. The summed E-state index contributed by atoms with van der Waals surface area (Å²) in [5.41, 5.74) is -0.703. The monoisotopic (exact) mass is 293 g/mol. The van der Waals surface area contributed by atoms with Gasteiger partial charge in [-0.3, -0.25) is 4.79 Å². The van der Waals surface area contributed by atoms with Gasteiger partial charge in [0.2, 0.25) is 5.88 Å². The number of aromatic nitrogens is 3. The lowest BCUT2D eigenvalue weighted by atomic mass is 10.2. The van der Waals surface area contributed by atoms with E-state index in [-0.39, 0.29) is 15.9 Å². The molecule has 0 fully saturated rings. The van der Waals surface area contributed by atoms with Crippen molar-refractivity contribution in [1.82, 2.24) is 15.2 Å². The number of rotatable bonds is 2. The second-order valence-electron chi connectivity index (χ2n) is 3.72. The van der Waals surface area contributed by atoms with Gasteiger partial charge in [0.25, 0.3) is 5.56 Å². The number of halogens is 4. The van der Waals surface area contributed by atoms with Crippen molar-refractivity contribution in [1.29, 1.82) is 0 Å². The lowest BCUT2D eigenvalue weighted by Gasteiger charge is -2.17. The van der Waals surface area contributed by atoms with E-state index in [1.54, 1.807) is 0 Å². The van der Waals surface area contributed by atoms with Gasteiger partial charge in [-0.2, -0.15) is 18.3 Å². The van der Waals surface area contributed by atoms with Crippen LogP contribution in [0.4, 0.5) is 13.2 Å². The minimum absolute atomic E-state index is 0.0933. The van der Waals surface area contributed by atoms with E-state index in [1.165, 1.54) is 12.3 Å². The molecule has 1 N–H and O–H groups in total. The number of ether oxygens (including phenoxy) is 1. The van der Waals surface area contributed by atoms with E-state index >= 15 is 0 Å². The van der Waals surface area contributed by atoms with E-state index < -0.39 is 23.7 Å². The average Bonchev–Trinajstić information content (AvgIpc) is 2.26. The standard InChI is InChI=1S/C10H7ClF3N3O2/c1-4(10(12,13)14)19-9-7-5(2-6(11)16-9)3-15-17-8(7)18/h2-4H,1H3,(H,17,18). The third-order valence-electron chi connectivity index (χ3n) is 2.33. The number of nitrogens with one attached hydrogen (secondary N) is 1. The summed E-state index contributed by atoms with van der Waals surface area (Å²) >= 11 is 5.66. The first kappa shape index (κ1) is 13.6. The van der Waals surface area contributed by atoms with Gasteiger partial charge in [-0.05, 0) is 13.0 Å². The molecule has 0 saturated carbocycles. The lowest BCUT2D eigenvalue weighted by molar-refractivity contribution is -0.189. The molecule has 0 amide bonds. The second kappa shape index (κ2) is 4.69. The first-order valence-electron chi connectivity index (χ1n) is 5.06. The highest BCUT2D eigenvalue weighted by molar-refractivity contribution is 6.30. The molecular formula is C10H7ClF3N3O2. The SMILES string of the molecule is CC(Oc1nc(Cl)cc2cn[nH]c(=O)c12)C(F)(F)F. The fourth-order valence-electron chi connectivity index (χ4n) is 1.38. The number of H-pyrrole nitrogens is 1. The molecule has 2 rings (SSSR count). The van der Waals surface area contributed by atoms with Crippen LogP contribution in [-0.4, -0.2) is 27.5 Å². The molecule has 0 bridgehead atoms. The largest absolute Gasteiger partial charge is 0.464 e. The van der Waals surface area contributed by atoms with Gasteiger partial charge in [0.15, 0.2) is 6.10 Å². The fourth-order valence-corrected chi connectivity index (χ4v) is 1.57. The number of nitrogens with zero attached hydrogens (tertiary/aromatic N) is 2. The summed E-state index contributed by atoms with van der Waals surface area (Å²) < 4.78 is 42.0. The summed E-state index contributed by atoms with van der Waals surface area (Å²) in [6, 6.07) is 1.31. The molecule has 0 aliphatic carbocycles. The van der Waals surface area contributed by atoms with Crippen LogP contribution in [0.3, 0.4) is 0 Å². The van der Waals surface area contributed by atoms with Crippen molar-refractivity contribution in [3.05, 3.63) is 27.8 Å². The fraction of sp³-hybridized carbons (Fsp3) is 0.300. The van der Waals surface area contributed by atoms with Crippen molar-refractivity contribution >= 4 is 22.4 Å². The van der Waals surface area contributed by atoms with E-state index in [0.29, 0.717) is 0 Å². The minimum Gasteiger partial charge on any atom is -0.464 e. The maximum atomic E-state index is 12.5. The molecule has 2 aromatic heterocycles. The zero-order valence-electron chi connectivity index (χ0n) is 9.45. The van der Waals surface area contributed by atoms with Crippen LogP contribution in [0, 0.1) is 0 Å². The Kier molecular flexibility index (Phi) is 3.36. The highest BCUT2D eigenvalue weighted by Gasteiger charge is 2.38. The van der Waals surface area contributed by atoms with Gasteiger partial charge in [-0.25, -0.2) is 10.1 Å². The summed E-state index contributed by atoms with van der Waals surface area (Å²) in [7, 11) is 0. The van der Waals surface area contributed by atoms with E-state index in [0.717, 1.165) is 6.92 Å². The molecule has 102 valence electrons. The van der Waals surface area contributed by atoms with Crippen LogP contribution >= 0.6 is 11.6 Å². The maximum Gasteiger partial charge on any atom is 0.425 e. The zero-order valence-corrected chi connectivity index (χ0v) is 10.2. The lowest BCUT2D eigenvalue weighted by Crippen LogP contribution is -2.32. The second-order valence-corrected chi connectivity index (χ2v) is 4.10. The van der Waals surface area contributed by atoms with Gasteiger partial charge < -0.3 is 4.74 Å². The Hall–Kier alpha value is -1.83. The van der Waals surface area contributed by atoms with Crippen molar-refractivity contribution < 1.29 is 17.9 Å². The first-order chi connectivity index (χ1) is 8.79. The summed E-state index contributed by atoms with van der Waals surface area (Å²) in [6.45, 7) is 0.809.